The summed E-state index contributed by atoms with van der Waals surface area (Å²) in [6.07, 6.45) is 1.31. The lowest BCUT2D eigenvalue weighted by atomic mass is 9.79. The fourth-order valence-corrected chi connectivity index (χ4v) is 4.07. The topological polar surface area (TPSA) is 59.1 Å². The quantitative estimate of drug-likeness (QED) is 0.711. The smallest absolute Gasteiger partial charge is 0.260 e. The summed E-state index contributed by atoms with van der Waals surface area (Å²) in [6.45, 7) is 5.26. The summed E-state index contributed by atoms with van der Waals surface area (Å²) in [5.74, 6) is 0.449. The number of nitrogens with zero attached hydrogens (tertiary/aromatic N) is 2. The van der Waals surface area contributed by atoms with E-state index in [2.05, 4.69) is 0 Å². The molecule has 2 heterocycles. The minimum Gasteiger partial charge on any atom is -0.484 e. The molecule has 2 amide bonds. The van der Waals surface area contributed by atoms with Crippen molar-refractivity contribution >= 4 is 11.8 Å². The molecule has 3 rings (SSSR count). The van der Waals surface area contributed by atoms with Gasteiger partial charge in [-0.15, -0.1) is 0 Å². The van der Waals surface area contributed by atoms with Crippen molar-refractivity contribution in [1.82, 2.24) is 9.80 Å². The molecule has 0 aromatic heterocycles. The van der Waals surface area contributed by atoms with Gasteiger partial charge in [-0.25, -0.2) is 4.39 Å². The van der Waals surface area contributed by atoms with Crippen LogP contribution in [-0.2, 0) is 14.3 Å². The Labute approximate surface area is 159 Å². The molecule has 0 saturated carbocycles. The SMILES string of the molecule is CO[C@H]1C(=O)N(C(C)C)[C@H]1C1CCN(C(=O)COc2ccc(F)cc2)CC1. The number of carbonyl (C=O) groups is 2. The zero-order valence-electron chi connectivity index (χ0n) is 16.1. The lowest BCUT2D eigenvalue weighted by Crippen LogP contribution is -2.70. The minimum atomic E-state index is -0.360. The Morgan fingerprint density at radius 1 is 1.22 bits per heavy atom. The number of β-lactam (4-membered cyclic amide) rings is 1. The molecule has 27 heavy (non-hydrogen) atoms. The fourth-order valence-electron chi connectivity index (χ4n) is 4.07. The van der Waals surface area contributed by atoms with Crippen LogP contribution < -0.4 is 4.74 Å². The average molecular weight is 378 g/mol. The number of ether oxygens (including phenoxy) is 2. The Hall–Kier alpha value is -2.15. The average Bonchev–Trinajstić information content (AvgIpc) is 2.65. The van der Waals surface area contributed by atoms with Crippen LogP contribution in [0, 0.1) is 11.7 Å². The van der Waals surface area contributed by atoms with E-state index in [-0.39, 0.29) is 42.4 Å². The van der Waals surface area contributed by atoms with Gasteiger partial charge in [0.2, 0.25) is 0 Å². The van der Waals surface area contributed by atoms with Crippen molar-refractivity contribution < 1.29 is 23.5 Å². The van der Waals surface area contributed by atoms with E-state index < -0.39 is 0 Å². The van der Waals surface area contributed by atoms with Gasteiger partial charge in [0.05, 0.1) is 6.04 Å². The summed E-state index contributed by atoms with van der Waals surface area (Å²) in [6, 6.07) is 5.87. The molecule has 2 aliphatic rings. The number of hydrogen-bond donors (Lipinski definition) is 0. The standard InChI is InChI=1S/C20H27FN2O4/c1-13(2)23-18(19(26-3)20(23)25)14-8-10-22(11-9-14)17(24)12-27-16-6-4-15(21)5-7-16/h4-7,13-14,18-19H,8-12H2,1-3H3/t18-,19+/m0/s1. The van der Waals surface area contributed by atoms with Crippen LogP contribution in [0.25, 0.3) is 0 Å². The molecular formula is C20H27FN2O4. The predicted molar refractivity (Wildman–Crippen MR) is 97.8 cm³/mol. The molecule has 7 heteroatoms. The maximum Gasteiger partial charge on any atom is 0.260 e. The van der Waals surface area contributed by atoms with E-state index in [0.717, 1.165) is 12.8 Å². The maximum absolute atomic E-state index is 12.9. The van der Waals surface area contributed by atoms with Crippen molar-refractivity contribution in [1.29, 1.82) is 0 Å². The number of methoxy groups -OCH3 is 1. The molecule has 2 atom stereocenters. The Bertz CT molecular complexity index is 671. The van der Waals surface area contributed by atoms with Crippen LogP contribution in [0.15, 0.2) is 24.3 Å². The number of rotatable bonds is 6. The van der Waals surface area contributed by atoms with E-state index in [1.165, 1.54) is 24.3 Å². The number of piperidine rings is 1. The van der Waals surface area contributed by atoms with Gasteiger partial charge in [-0.3, -0.25) is 9.59 Å². The fraction of sp³-hybridized carbons (Fsp3) is 0.600. The van der Waals surface area contributed by atoms with Crippen LogP contribution in [-0.4, -0.2) is 66.6 Å². The Balaban J connectivity index is 1.50. The second-order valence-corrected chi connectivity index (χ2v) is 7.45. The summed E-state index contributed by atoms with van der Waals surface area (Å²) in [5.41, 5.74) is 0. The van der Waals surface area contributed by atoms with E-state index in [1.807, 2.05) is 18.7 Å². The summed E-state index contributed by atoms with van der Waals surface area (Å²) in [5, 5.41) is 0. The third-order valence-corrected chi connectivity index (χ3v) is 5.49. The highest BCUT2D eigenvalue weighted by Gasteiger charge is 2.52. The molecule has 2 saturated heterocycles. The van der Waals surface area contributed by atoms with Crippen LogP contribution in [0.2, 0.25) is 0 Å². The van der Waals surface area contributed by atoms with Crippen molar-refractivity contribution in [2.45, 2.75) is 44.9 Å². The second kappa shape index (κ2) is 8.25. The summed E-state index contributed by atoms with van der Waals surface area (Å²) in [4.78, 5) is 28.3. The lowest BCUT2D eigenvalue weighted by molar-refractivity contribution is -0.182. The number of benzene rings is 1. The van der Waals surface area contributed by atoms with Gasteiger partial charge < -0.3 is 19.3 Å². The van der Waals surface area contributed by atoms with Crippen molar-refractivity contribution in [2.24, 2.45) is 5.92 Å². The number of likely N-dealkylation sites (tertiary alicyclic amines) is 2. The van der Waals surface area contributed by atoms with Gasteiger partial charge in [0.15, 0.2) is 12.7 Å². The molecule has 0 unspecified atom stereocenters. The zero-order chi connectivity index (χ0) is 19.6. The minimum absolute atomic E-state index is 0.0585. The van der Waals surface area contributed by atoms with Gasteiger partial charge in [-0.1, -0.05) is 0 Å². The van der Waals surface area contributed by atoms with Crippen LogP contribution >= 0.6 is 0 Å². The largest absolute Gasteiger partial charge is 0.484 e. The molecule has 1 aromatic rings. The molecule has 148 valence electrons. The third kappa shape index (κ3) is 4.08. The highest BCUT2D eigenvalue weighted by molar-refractivity contribution is 5.88. The van der Waals surface area contributed by atoms with Crippen molar-refractivity contribution in [2.75, 3.05) is 26.8 Å². The number of carbonyl (C=O) groups excluding carboxylic acids is 2. The molecule has 6 nitrogen and oxygen atoms in total. The highest BCUT2D eigenvalue weighted by Crippen LogP contribution is 2.36. The lowest BCUT2D eigenvalue weighted by Gasteiger charge is -2.53. The summed E-state index contributed by atoms with van der Waals surface area (Å²) in [7, 11) is 1.58. The number of amides is 2. The Kier molecular flexibility index (Phi) is 5.99. The van der Waals surface area contributed by atoms with E-state index in [1.54, 1.807) is 12.0 Å². The molecule has 1 aromatic carbocycles. The molecule has 0 spiro atoms. The monoisotopic (exact) mass is 378 g/mol. The van der Waals surface area contributed by atoms with Gasteiger partial charge >= 0.3 is 0 Å². The van der Waals surface area contributed by atoms with E-state index in [0.29, 0.717) is 24.8 Å². The van der Waals surface area contributed by atoms with Crippen LogP contribution in [0.3, 0.4) is 0 Å². The first-order valence-corrected chi connectivity index (χ1v) is 9.43. The normalized spacial score (nSPS) is 23.5. The molecule has 2 fully saturated rings. The van der Waals surface area contributed by atoms with E-state index in [9.17, 15) is 14.0 Å². The van der Waals surface area contributed by atoms with E-state index in [4.69, 9.17) is 9.47 Å². The molecule has 2 aliphatic heterocycles. The van der Waals surface area contributed by atoms with Gasteiger partial charge in [-0.2, -0.15) is 0 Å². The predicted octanol–water partition coefficient (Wildman–Crippen LogP) is 2.08. The molecular weight excluding hydrogens is 351 g/mol. The molecule has 0 N–H and O–H groups in total. The number of hydrogen-bond acceptors (Lipinski definition) is 4. The highest BCUT2D eigenvalue weighted by atomic mass is 19.1. The first kappa shape index (κ1) is 19.6. The van der Waals surface area contributed by atoms with Crippen molar-refractivity contribution in [3.8, 4) is 5.75 Å². The van der Waals surface area contributed by atoms with Gasteiger partial charge in [0.1, 0.15) is 11.6 Å². The molecule has 0 bridgehead atoms. The molecule has 0 aliphatic carbocycles. The van der Waals surface area contributed by atoms with Gasteiger partial charge in [0.25, 0.3) is 11.8 Å². The maximum atomic E-state index is 12.9. The summed E-state index contributed by atoms with van der Waals surface area (Å²) >= 11 is 0. The summed E-state index contributed by atoms with van der Waals surface area (Å²) < 4.78 is 23.7. The first-order valence-electron chi connectivity index (χ1n) is 9.43. The van der Waals surface area contributed by atoms with Crippen LogP contribution in [0.1, 0.15) is 26.7 Å². The number of halogens is 1. The van der Waals surface area contributed by atoms with Gasteiger partial charge in [-0.05, 0) is 56.9 Å². The van der Waals surface area contributed by atoms with Crippen molar-refractivity contribution in [3.05, 3.63) is 30.1 Å². The Morgan fingerprint density at radius 2 is 1.85 bits per heavy atom. The van der Waals surface area contributed by atoms with Gasteiger partial charge in [0, 0.05) is 26.2 Å². The second-order valence-electron chi connectivity index (χ2n) is 7.45. The van der Waals surface area contributed by atoms with E-state index >= 15 is 0 Å². The first-order chi connectivity index (χ1) is 12.9. The Morgan fingerprint density at radius 3 is 2.41 bits per heavy atom. The zero-order valence-corrected chi connectivity index (χ0v) is 16.1. The van der Waals surface area contributed by atoms with Crippen molar-refractivity contribution in [3.63, 3.8) is 0 Å². The van der Waals surface area contributed by atoms with Crippen LogP contribution in [0.4, 0.5) is 4.39 Å². The third-order valence-electron chi connectivity index (χ3n) is 5.49. The molecule has 0 radical (unpaired) electrons. The van der Waals surface area contributed by atoms with Crippen LogP contribution in [0.5, 0.6) is 5.75 Å².